The Morgan fingerprint density at radius 3 is 3.09 bits per heavy atom. The number of ether oxygens (including phenoxy) is 1. The Bertz CT molecular complexity index is 700. The summed E-state index contributed by atoms with van der Waals surface area (Å²) in [6.45, 7) is 3.10. The highest BCUT2D eigenvalue weighted by molar-refractivity contribution is 5.61. The first-order valence-electron chi connectivity index (χ1n) is 6.96. The van der Waals surface area contributed by atoms with Crippen LogP contribution in [-0.4, -0.2) is 28.7 Å². The lowest BCUT2D eigenvalue weighted by molar-refractivity contribution is -0.384. The maximum atomic E-state index is 10.8. The van der Waals surface area contributed by atoms with Gasteiger partial charge in [-0.3, -0.25) is 10.1 Å². The fourth-order valence-electron chi connectivity index (χ4n) is 2.50. The van der Waals surface area contributed by atoms with Crippen LogP contribution in [-0.2, 0) is 17.7 Å². The normalized spacial score (nSPS) is 14.9. The molecule has 0 saturated carbocycles. The highest BCUT2D eigenvalue weighted by atomic mass is 16.6. The van der Waals surface area contributed by atoms with E-state index in [-0.39, 0.29) is 16.7 Å². The van der Waals surface area contributed by atoms with Crippen molar-refractivity contribution >= 4 is 11.4 Å². The summed E-state index contributed by atoms with van der Waals surface area (Å²) in [5.74, 6) is 1.02. The van der Waals surface area contributed by atoms with Gasteiger partial charge in [-0.05, 0) is 25.0 Å². The summed E-state index contributed by atoms with van der Waals surface area (Å²) in [6.07, 6.45) is 0.554. The van der Waals surface area contributed by atoms with Gasteiger partial charge in [0.1, 0.15) is 6.10 Å². The highest BCUT2D eigenvalue weighted by Gasteiger charge is 2.24. The number of hydrogen-bond acceptors (Lipinski definition) is 7. The molecule has 0 bridgehead atoms. The predicted molar refractivity (Wildman–Crippen MR) is 77.6 cm³/mol. The highest BCUT2D eigenvalue weighted by Crippen LogP contribution is 2.32. The number of non-ortho nitro benzene ring substituents is 1. The number of nitro groups is 1. The summed E-state index contributed by atoms with van der Waals surface area (Å²) >= 11 is 0. The number of nitro benzene ring substituents is 1. The fraction of sp³-hybridized carbons (Fsp3) is 0.429. The minimum absolute atomic E-state index is 0.120. The second-order valence-electron chi connectivity index (χ2n) is 5.17. The van der Waals surface area contributed by atoms with Gasteiger partial charge in [0.05, 0.1) is 11.5 Å². The molecule has 0 saturated heterocycles. The molecule has 1 aliphatic heterocycles. The van der Waals surface area contributed by atoms with Crippen molar-refractivity contribution in [3.63, 3.8) is 0 Å². The quantitative estimate of drug-likeness (QED) is 0.617. The van der Waals surface area contributed by atoms with Gasteiger partial charge in [-0.25, -0.2) is 0 Å². The molecule has 0 unspecified atom stereocenters. The number of fused-ring (bicyclic) bond motifs is 1. The molecule has 8 heteroatoms. The number of benzene rings is 1. The first kappa shape index (κ1) is 14.5. The van der Waals surface area contributed by atoms with Crippen LogP contribution in [0.2, 0.25) is 0 Å². The summed E-state index contributed by atoms with van der Waals surface area (Å²) < 4.78 is 10.4. The molecule has 0 aliphatic carbocycles. The predicted octanol–water partition coefficient (Wildman–Crippen LogP) is 2.25. The molecule has 1 aromatic carbocycles. The molecular formula is C14H16N4O4. The Labute approximate surface area is 126 Å². The molecule has 3 rings (SSSR count). The van der Waals surface area contributed by atoms with E-state index in [0.717, 1.165) is 24.2 Å². The van der Waals surface area contributed by atoms with Crippen molar-refractivity contribution in [2.24, 2.45) is 0 Å². The maximum Gasteiger partial charge on any atom is 0.269 e. The minimum Gasteiger partial charge on any atom is -0.374 e. The lowest BCUT2D eigenvalue weighted by Gasteiger charge is -2.16. The van der Waals surface area contributed by atoms with Gasteiger partial charge in [-0.15, -0.1) is 0 Å². The molecule has 0 fully saturated rings. The molecule has 116 valence electrons. The van der Waals surface area contributed by atoms with Gasteiger partial charge in [0, 0.05) is 31.5 Å². The molecule has 8 nitrogen and oxygen atoms in total. The first-order valence-corrected chi connectivity index (χ1v) is 6.96. The van der Waals surface area contributed by atoms with Crippen molar-refractivity contribution in [2.45, 2.75) is 26.0 Å². The summed E-state index contributed by atoms with van der Waals surface area (Å²) in [5, 5.41) is 14.7. The van der Waals surface area contributed by atoms with Crippen molar-refractivity contribution in [1.29, 1.82) is 0 Å². The molecule has 2 heterocycles. The monoisotopic (exact) mass is 304 g/mol. The Balaban J connectivity index is 1.76. The number of aromatic nitrogens is 2. The molecule has 0 amide bonds. The zero-order valence-corrected chi connectivity index (χ0v) is 12.4. The van der Waals surface area contributed by atoms with Gasteiger partial charge in [0.15, 0.2) is 5.82 Å². The lowest BCUT2D eigenvalue weighted by Crippen LogP contribution is -2.19. The molecule has 1 aromatic heterocycles. The number of anilines is 1. The Kier molecular flexibility index (Phi) is 3.76. The number of rotatable bonds is 5. The molecule has 1 atom stereocenters. The van der Waals surface area contributed by atoms with Crippen molar-refractivity contribution in [1.82, 2.24) is 10.1 Å². The van der Waals surface area contributed by atoms with Gasteiger partial charge >= 0.3 is 0 Å². The molecule has 0 N–H and O–H groups in total. The van der Waals surface area contributed by atoms with Gasteiger partial charge in [-0.2, -0.15) is 4.98 Å². The van der Waals surface area contributed by atoms with E-state index < -0.39 is 0 Å². The second kappa shape index (κ2) is 5.72. The smallest absolute Gasteiger partial charge is 0.269 e. The molecule has 22 heavy (non-hydrogen) atoms. The van der Waals surface area contributed by atoms with Crippen molar-refractivity contribution in [2.75, 3.05) is 18.6 Å². The Morgan fingerprint density at radius 1 is 1.55 bits per heavy atom. The first-order chi connectivity index (χ1) is 10.6. The van der Waals surface area contributed by atoms with E-state index in [0.29, 0.717) is 18.3 Å². The summed E-state index contributed by atoms with van der Waals surface area (Å²) in [4.78, 5) is 16.8. The van der Waals surface area contributed by atoms with Crippen LogP contribution in [0.1, 0.15) is 30.3 Å². The van der Waals surface area contributed by atoms with Crippen LogP contribution in [0, 0.1) is 10.1 Å². The second-order valence-corrected chi connectivity index (χ2v) is 5.17. The van der Waals surface area contributed by atoms with Crippen LogP contribution in [0.15, 0.2) is 22.7 Å². The van der Waals surface area contributed by atoms with Gasteiger partial charge < -0.3 is 14.2 Å². The van der Waals surface area contributed by atoms with Crippen LogP contribution in [0.5, 0.6) is 0 Å². The average molecular weight is 304 g/mol. The standard InChI is InChI=1S/C14H16N4O4/c1-9(21-2)14-15-13(22-16-14)8-17-6-5-10-7-11(18(19)20)3-4-12(10)17/h3-4,7,9H,5-6,8H2,1-2H3/t9-/m0/s1. The average Bonchev–Trinajstić information content (AvgIpc) is 3.14. The lowest BCUT2D eigenvalue weighted by atomic mass is 10.1. The van der Waals surface area contributed by atoms with Crippen molar-refractivity contribution < 1.29 is 14.2 Å². The number of methoxy groups -OCH3 is 1. The van der Waals surface area contributed by atoms with Crippen LogP contribution >= 0.6 is 0 Å². The van der Waals surface area contributed by atoms with Crippen LogP contribution < -0.4 is 4.90 Å². The van der Waals surface area contributed by atoms with Gasteiger partial charge in [-0.1, -0.05) is 5.16 Å². The topological polar surface area (TPSA) is 94.5 Å². The number of nitrogens with zero attached hydrogens (tertiary/aromatic N) is 4. The van der Waals surface area contributed by atoms with E-state index >= 15 is 0 Å². The molecular weight excluding hydrogens is 288 g/mol. The molecule has 1 aliphatic rings. The van der Waals surface area contributed by atoms with Crippen molar-refractivity contribution in [3.05, 3.63) is 45.6 Å². The molecule has 2 aromatic rings. The third-order valence-corrected chi connectivity index (χ3v) is 3.79. The summed E-state index contributed by atoms with van der Waals surface area (Å²) in [6, 6.07) is 4.92. The zero-order chi connectivity index (χ0) is 15.7. The van der Waals surface area contributed by atoms with E-state index in [1.807, 2.05) is 6.92 Å². The Morgan fingerprint density at radius 2 is 2.36 bits per heavy atom. The SMILES string of the molecule is CO[C@@H](C)c1noc(CN2CCc3cc([N+](=O)[O-])ccc32)n1. The summed E-state index contributed by atoms with van der Waals surface area (Å²) in [5.41, 5.74) is 2.07. The Hall–Kier alpha value is -2.48. The third kappa shape index (κ3) is 2.64. The fourth-order valence-corrected chi connectivity index (χ4v) is 2.50. The van der Waals surface area contributed by atoms with E-state index in [1.165, 1.54) is 6.07 Å². The molecule has 0 spiro atoms. The van der Waals surface area contributed by atoms with Crippen LogP contribution in [0.25, 0.3) is 0 Å². The van der Waals surface area contributed by atoms with Crippen LogP contribution in [0.3, 0.4) is 0 Å². The third-order valence-electron chi connectivity index (χ3n) is 3.79. The largest absolute Gasteiger partial charge is 0.374 e. The number of hydrogen-bond donors (Lipinski definition) is 0. The van der Waals surface area contributed by atoms with E-state index in [9.17, 15) is 10.1 Å². The van der Waals surface area contributed by atoms with Crippen LogP contribution in [0.4, 0.5) is 11.4 Å². The zero-order valence-electron chi connectivity index (χ0n) is 12.4. The minimum atomic E-state index is -0.376. The van der Waals surface area contributed by atoms with E-state index in [4.69, 9.17) is 9.26 Å². The van der Waals surface area contributed by atoms with E-state index in [1.54, 1.807) is 19.2 Å². The summed E-state index contributed by atoms with van der Waals surface area (Å²) in [7, 11) is 1.59. The maximum absolute atomic E-state index is 10.8. The van der Waals surface area contributed by atoms with Gasteiger partial charge in [0.25, 0.3) is 5.69 Å². The van der Waals surface area contributed by atoms with E-state index in [2.05, 4.69) is 15.0 Å². The van der Waals surface area contributed by atoms with Gasteiger partial charge in [0.2, 0.25) is 5.89 Å². The molecule has 0 radical (unpaired) electrons. The van der Waals surface area contributed by atoms with Crippen molar-refractivity contribution in [3.8, 4) is 0 Å².